The van der Waals surface area contributed by atoms with Crippen LogP contribution in [0.3, 0.4) is 0 Å². The Balaban J connectivity index is 1.71. The summed E-state index contributed by atoms with van der Waals surface area (Å²) < 4.78 is 35.4. The minimum absolute atomic E-state index is 0.0481. The van der Waals surface area contributed by atoms with Crippen LogP contribution in [0.2, 0.25) is 0 Å². The summed E-state index contributed by atoms with van der Waals surface area (Å²) in [6, 6.07) is 10.4. The van der Waals surface area contributed by atoms with E-state index in [0.29, 0.717) is 6.42 Å². The first-order valence-corrected chi connectivity index (χ1v) is 14.0. The molecule has 0 fully saturated rings. The van der Waals surface area contributed by atoms with Gasteiger partial charge in [-0.25, -0.2) is 4.79 Å². The number of amidine groups is 1. The monoisotopic (exact) mass is 555 g/mol. The number of rotatable bonds is 4. The van der Waals surface area contributed by atoms with E-state index in [1.54, 1.807) is 39.0 Å². The average Bonchev–Trinajstić information content (AvgIpc) is 2.80. The van der Waals surface area contributed by atoms with Crippen molar-refractivity contribution in [2.75, 3.05) is 10.6 Å². The Bertz CT molecular complexity index is 1500. The number of nitrogens with one attached hydrogen (secondary N) is 2. The molecule has 1 amide bonds. The third-order valence-electron chi connectivity index (χ3n) is 6.47. The second-order valence-electron chi connectivity index (χ2n) is 12.0. The van der Waals surface area contributed by atoms with E-state index >= 15 is 0 Å². The molecular weight excluding hydrogens is 522 g/mol. The van der Waals surface area contributed by atoms with Crippen LogP contribution in [-0.2, 0) is 25.2 Å². The standard InChI is InChI=1S/C28H33N3O7S/c1-26(2,3)13-14-28(35)18-10-8-7-9-17(18)22(32)21(23(28)33)24-30-19-12-11-16(15-20(19)39(36,37)31-24)29-25(34)38-27(4,5)6/h7-12,15,21,35H,13-14H2,1-6H3,(H,29,34)(H,30,31). The van der Waals surface area contributed by atoms with Crippen LogP contribution in [0, 0.1) is 11.3 Å². The number of anilines is 2. The number of carbonyl (C=O) groups is 3. The number of aliphatic hydroxyl groups is 1. The second-order valence-corrected chi connectivity index (χ2v) is 13.6. The zero-order valence-corrected chi connectivity index (χ0v) is 23.6. The van der Waals surface area contributed by atoms with Crippen LogP contribution in [0.25, 0.3) is 0 Å². The van der Waals surface area contributed by atoms with Crippen molar-refractivity contribution in [1.82, 2.24) is 0 Å². The Morgan fingerprint density at radius 3 is 2.41 bits per heavy atom. The fourth-order valence-corrected chi connectivity index (χ4v) is 5.75. The first-order valence-electron chi connectivity index (χ1n) is 12.6. The summed E-state index contributed by atoms with van der Waals surface area (Å²) in [4.78, 5) is 39.2. The Labute approximate surface area is 227 Å². The van der Waals surface area contributed by atoms with Crippen molar-refractivity contribution in [2.24, 2.45) is 15.7 Å². The van der Waals surface area contributed by atoms with Crippen molar-refractivity contribution in [3.8, 4) is 0 Å². The molecule has 0 bridgehead atoms. The maximum Gasteiger partial charge on any atom is 0.412 e. The highest BCUT2D eigenvalue weighted by atomic mass is 32.2. The van der Waals surface area contributed by atoms with E-state index in [0.717, 1.165) is 0 Å². The summed E-state index contributed by atoms with van der Waals surface area (Å²) >= 11 is 0. The molecule has 2 unspecified atom stereocenters. The summed E-state index contributed by atoms with van der Waals surface area (Å²) in [5.41, 5.74) is -2.39. The van der Waals surface area contributed by atoms with Crippen molar-refractivity contribution in [3.05, 3.63) is 53.6 Å². The third-order valence-corrected chi connectivity index (χ3v) is 7.80. The maximum absolute atomic E-state index is 13.8. The normalized spacial score (nSPS) is 22.2. The Hall–Kier alpha value is -3.57. The molecule has 4 rings (SSSR count). The van der Waals surface area contributed by atoms with Gasteiger partial charge in [-0.2, -0.15) is 8.42 Å². The molecule has 1 aliphatic heterocycles. The molecule has 3 N–H and O–H groups in total. The van der Waals surface area contributed by atoms with Crippen LogP contribution in [-0.4, -0.2) is 42.6 Å². The van der Waals surface area contributed by atoms with Gasteiger partial charge in [0.15, 0.2) is 11.6 Å². The number of amides is 1. The second kappa shape index (κ2) is 9.56. The van der Waals surface area contributed by atoms with Crippen LogP contribution in [0.15, 0.2) is 51.8 Å². The molecule has 39 heavy (non-hydrogen) atoms. The SMILES string of the molecule is CC(C)(C)CCC1(O)C(=O)C(C2=NS(=O)(=O)c3cc(NC(=O)OC(C)(C)C)ccc3N2)C(=O)c2ccccc21. The maximum atomic E-state index is 13.8. The number of nitrogens with zero attached hydrogens (tertiary/aromatic N) is 1. The smallest absolute Gasteiger partial charge is 0.412 e. The van der Waals surface area contributed by atoms with Gasteiger partial charge in [-0.15, -0.1) is 4.40 Å². The highest BCUT2D eigenvalue weighted by Crippen LogP contribution is 2.42. The van der Waals surface area contributed by atoms with Crippen LogP contribution in [0.4, 0.5) is 16.2 Å². The van der Waals surface area contributed by atoms with E-state index in [-0.39, 0.29) is 45.1 Å². The van der Waals surface area contributed by atoms with Gasteiger partial charge in [0.05, 0.1) is 5.69 Å². The van der Waals surface area contributed by atoms with Crippen molar-refractivity contribution >= 4 is 44.9 Å². The molecule has 2 atom stereocenters. The zero-order valence-electron chi connectivity index (χ0n) is 22.8. The van der Waals surface area contributed by atoms with E-state index in [1.807, 2.05) is 20.8 Å². The summed E-state index contributed by atoms with van der Waals surface area (Å²) in [6.07, 6.45) is -0.245. The van der Waals surface area contributed by atoms with Crippen LogP contribution < -0.4 is 10.6 Å². The molecule has 0 aromatic heterocycles. The molecule has 2 aliphatic rings. The van der Waals surface area contributed by atoms with Crippen molar-refractivity contribution in [1.29, 1.82) is 0 Å². The summed E-state index contributed by atoms with van der Waals surface area (Å²) in [6.45, 7) is 11.0. The fraction of sp³-hybridized carbons (Fsp3) is 0.429. The van der Waals surface area contributed by atoms with Crippen molar-refractivity contribution in [2.45, 2.75) is 70.5 Å². The summed E-state index contributed by atoms with van der Waals surface area (Å²) in [5, 5.41) is 17.0. The number of benzene rings is 2. The number of hydrogen-bond donors (Lipinski definition) is 3. The number of carbonyl (C=O) groups excluding carboxylic acids is 3. The predicted octanol–water partition coefficient (Wildman–Crippen LogP) is 4.64. The molecule has 1 heterocycles. The summed E-state index contributed by atoms with van der Waals surface area (Å²) in [5.74, 6) is -3.51. The molecule has 10 nitrogen and oxygen atoms in total. The molecular formula is C28H33N3O7S. The van der Waals surface area contributed by atoms with Gasteiger partial charge in [-0.05, 0) is 57.2 Å². The Morgan fingerprint density at radius 1 is 1.10 bits per heavy atom. The van der Waals surface area contributed by atoms with E-state index < -0.39 is 44.8 Å². The highest BCUT2D eigenvalue weighted by Gasteiger charge is 2.53. The molecule has 0 radical (unpaired) electrons. The van der Waals surface area contributed by atoms with Crippen LogP contribution in [0.1, 0.15) is 70.3 Å². The van der Waals surface area contributed by atoms with Crippen molar-refractivity contribution in [3.63, 3.8) is 0 Å². The van der Waals surface area contributed by atoms with Gasteiger partial charge in [0.2, 0.25) is 0 Å². The van der Waals surface area contributed by atoms with Gasteiger partial charge in [0.1, 0.15) is 27.9 Å². The van der Waals surface area contributed by atoms with E-state index in [1.165, 1.54) is 24.3 Å². The lowest BCUT2D eigenvalue weighted by Gasteiger charge is -2.38. The molecule has 2 aromatic rings. The zero-order chi connectivity index (χ0) is 29.0. The highest BCUT2D eigenvalue weighted by molar-refractivity contribution is 7.90. The summed E-state index contributed by atoms with van der Waals surface area (Å²) in [7, 11) is -4.38. The number of fused-ring (bicyclic) bond motifs is 2. The van der Waals surface area contributed by atoms with Gasteiger partial charge in [0.25, 0.3) is 10.0 Å². The first-order chi connectivity index (χ1) is 17.9. The average molecular weight is 556 g/mol. The molecule has 11 heteroatoms. The van der Waals surface area contributed by atoms with Gasteiger partial charge in [0, 0.05) is 16.8 Å². The predicted molar refractivity (Wildman–Crippen MR) is 146 cm³/mol. The topological polar surface area (TPSA) is 151 Å². The fourth-order valence-electron chi connectivity index (χ4n) is 4.57. The van der Waals surface area contributed by atoms with Crippen molar-refractivity contribution < 1.29 is 32.6 Å². The number of sulfonamides is 1. The van der Waals surface area contributed by atoms with E-state index in [2.05, 4.69) is 15.0 Å². The lowest BCUT2D eigenvalue weighted by molar-refractivity contribution is -0.141. The van der Waals surface area contributed by atoms with Crippen LogP contribution >= 0.6 is 0 Å². The molecule has 208 valence electrons. The molecule has 1 aliphatic carbocycles. The quantitative estimate of drug-likeness (QED) is 0.462. The first kappa shape index (κ1) is 28.4. The molecule has 0 spiro atoms. The molecule has 0 saturated carbocycles. The number of Topliss-reactive ketones (excluding diaryl/α,β-unsaturated/α-hetero) is 2. The van der Waals surface area contributed by atoms with Gasteiger partial charge in [-0.3, -0.25) is 14.9 Å². The Kier molecular flexibility index (Phi) is 6.97. The molecule has 2 aromatic carbocycles. The van der Waals surface area contributed by atoms with Gasteiger partial charge in [-0.1, -0.05) is 45.0 Å². The van der Waals surface area contributed by atoms with E-state index in [4.69, 9.17) is 4.74 Å². The Morgan fingerprint density at radius 2 is 1.77 bits per heavy atom. The molecule has 0 saturated heterocycles. The number of ether oxygens (including phenoxy) is 1. The minimum Gasteiger partial charge on any atom is -0.444 e. The van der Waals surface area contributed by atoms with E-state index in [9.17, 15) is 27.9 Å². The number of ketones is 2. The minimum atomic E-state index is -4.38. The number of hydrogen-bond acceptors (Lipinski definition) is 8. The lowest BCUT2D eigenvalue weighted by atomic mass is 9.68. The van der Waals surface area contributed by atoms with Gasteiger partial charge >= 0.3 is 6.09 Å². The largest absolute Gasteiger partial charge is 0.444 e. The van der Waals surface area contributed by atoms with Gasteiger partial charge < -0.3 is 15.2 Å². The third kappa shape index (κ3) is 5.74. The lowest BCUT2D eigenvalue weighted by Crippen LogP contribution is -2.53. The van der Waals surface area contributed by atoms with Crippen LogP contribution in [0.5, 0.6) is 0 Å².